The smallest absolute Gasteiger partial charge is 0.228 e. The molecule has 1 amide bonds. The maximum absolute atomic E-state index is 12.0. The Balaban J connectivity index is 0.00000106. The number of carbonyl (C=O) groups is 1. The number of amides is 1. The van der Waals surface area contributed by atoms with Crippen molar-refractivity contribution in [2.75, 3.05) is 11.1 Å². The van der Waals surface area contributed by atoms with Crippen LogP contribution >= 0.6 is 0 Å². The number of nitrogens with two attached hydrogens (primary N) is 1. The van der Waals surface area contributed by atoms with E-state index in [2.05, 4.69) is 37.0 Å². The lowest BCUT2D eigenvalue weighted by Gasteiger charge is -2.11. The number of nitrogens with zero attached hydrogens (tertiary/aromatic N) is 5. The minimum absolute atomic E-state index is 0.0172. The molecule has 0 radical (unpaired) electrons. The van der Waals surface area contributed by atoms with Crippen LogP contribution < -0.4 is 11.1 Å². The lowest BCUT2D eigenvalue weighted by Crippen LogP contribution is -2.14. The van der Waals surface area contributed by atoms with E-state index in [1.54, 1.807) is 24.8 Å². The van der Waals surface area contributed by atoms with E-state index in [-0.39, 0.29) is 11.8 Å². The Bertz CT molecular complexity index is 1230. The molecule has 0 aliphatic heterocycles. The number of nitriles is 1. The van der Waals surface area contributed by atoms with Crippen molar-refractivity contribution in [3.63, 3.8) is 0 Å². The van der Waals surface area contributed by atoms with Crippen molar-refractivity contribution in [1.29, 1.82) is 5.26 Å². The van der Waals surface area contributed by atoms with E-state index in [4.69, 9.17) is 11.0 Å². The highest BCUT2D eigenvalue weighted by Gasteiger charge is 2.29. The molecule has 4 heterocycles. The van der Waals surface area contributed by atoms with Crippen LogP contribution in [0.4, 0.5) is 11.6 Å². The Labute approximate surface area is 172 Å². The zero-order chi connectivity index (χ0) is 21.1. The summed E-state index contributed by atoms with van der Waals surface area (Å²) in [6.45, 7) is 3.50. The van der Waals surface area contributed by atoms with Gasteiger partial charge in [-0.3, -0.25) is 14.9 Å². The van der Waals surface area contributed by atoms with Gasteiger partial charge in [-0.15, -0.1) is 0 Å². The fourth-order valence-corrected chi connectivity index (χ4v) is 3.20. The molecule has 0 unspecified atom stereocenters. The maximum Gasteiger partial charge on any atom is 0.228 e. The molecule has 4 N–H and O–H groups in total. The van der Waals surface area contributed by atoms with Crippen molar-refractivity contribution in [2.24, 2.45) is 5.92 Å². The highest BCUT2D eigenvalue weighted by molar-refractivity contribution is 5.98. The molecule has 0 bridgehead atoms. The monoisotopic (exact) mass is 398 g/mol. The number of H-pyrrole nitrogens is 1. The third kappa shape index (κ3) is 3.66. The molecule has 4 aromatic heterocycles. The summed E-state index contributed by atoms with van der Waals surface area (Å²) >= 11 is 0. The predicted molar refractivity (Wildman–Crippen MR) is 113 cm³/mol. The van der Waals surface area contributed by atoms with Crippen molar-refractivity contribution in [1.82, 2.24) is 25.1 Å². The number of anilines is 2. The highest BCUT2D eigenvalue weighted by atomic mass is 16.2. The molecule has 9 heteroatoms. The van der Waals surface area contributed by atoms with Gasteiger partial charge in [0.15, 0.2) is 0 Å². The zero-order valence-electron chi connectivity index (χ0n) is 15.9. The summed E-state index contributed by atoms with van der Waals surface area (Å²) in [5, 5.41) is 17.8. The number of aromatic amines is 1. The minimum Gasteiger partial charge on any atom is -0.383 e. The second kappa shape index (κ2) is 7.97. The van der Waals surface area contributed by atoms with Crippen LogP contribution in [0.3, 0.4) is 0 Å². The first-order valence-corrected chi connectivity index (χ1v) is 9.25. The van der Waals surface area contributed by atoms with Gasteiger partial charge in [-0.1, -0.05) is 0 Å². The van der Waals surface area contributed by atoms with Crippen molar-refractivity contribution >= 4 is 28.3 Å². The number of nitrogen functional groups attached to an aromatic ring is 1. The van der Waals surface area contributed by atoms with Gasteiger partial charge in [-0.25, -0.2) is 15.2 Å². The van der Waals surface area contributed by atoms with Gasteiger partial charge in [-0.05, 0) is 42.0 Å². The molecule has 1 aliphatic carbocycles. The topological polar surface area (TPSA) is 146 Å². The van der Waals surface area contributed by atoms with E-state index in [1.807, 2.05) is 24.4 Å². The summed E-state index contributed by atoms with van der Waals surface area (Å²) < 4.78 is 0. The molecule has 5 rings (SSSR count). The third-order valence-electron chi connectivity index (χ3n) is 4.85. The van der Waals surface area contributed by atoms with E-state index >= 15 is 0 Å². The summed E-state index contributed by atoms with van der Waals surface area (Å²) in [4.78, 5) is 25.1. The van der Waals surface area contributed by atoms with Crippen molar-refractivity contribution in [3.8, 4) is 29.0 Å². The average molecular weight is 398 g/mol. The van der Waals surface area contributed by atoms with Crippen LogP contribution in [-0.4, -0.2) is 31.1 Å². The van der Waals surface area contributed by atoms with Gasteiger partial charge in [0.2, 0.25) is 5.91 Å². The normalized spacial score (nSPS) is 12.7. The molecule has 1 fully saturated rings. The first-order chi connectivity index (χ1) is 14.7. The van der Waals surface area contributed by atoms with Crippen LogP contribution in [-0.2, 0) is 4.79 Å². The Morgan fingerprint density at radius 3 is 2.77 bits per heavy atom. The maximum atomic E-state index is 12.0. The SMILES string of the molecule is C#N.Nc1nc(-c2cnccc2-c2cn[nH]c2)cc2cc(NC(=O)C3CC3)ncc12. The number of nitrogens with one attached hydrogen (secondary N) is 2. The first kappa shape index (κ1) is 19.0. The van der Waals surface area contributed by atoms with Crippen LogP contribution in [0.15, 0.2) is 49.2 Å². The van der Waals surface area contributed by atoms with E-state index in [1.165, 1.54) is 0 Å². The molecule has 148 valence electrons. The summed E-state index contributed by atoms with van der Waals surface area (Å²) in [7, 11) is 0. The molecular weight excluding hydrogens is 380 g/mol. The molecule has 30 heavy (non-hydrogen) atoms. The molecule has 4 aromatic rings. The lowest BCUT2D eigenvalue weighted by molar-refractivity contribution is -0.117. The third-order valence-corrected chi connectivity index (χ3v) is 4.85. The number of hydrogen-bond donors (Lipinski definition) is 3. The standard InChI is InChI=1S/C20H17N7O.CHN/c21-19-15-10-23-18(27-20(28)11-1-2-11)6-12(15)5-17(26-19)16-9-22-4-3-14(16)13-7-24-25-8-13;1-2/h3-11H,1-2H2,(H2,21,26)(H,24,25)(H,23,27,28);1H. The van der Waals surface area contributed by atoms with Crippen molar-refractivity contribution in [2.45, 2.75) is 12.8 Å². The number of rotatable bonds is 4. The van der Waals surface area contributed by atoms with Gasteiger partial charge < -0.3 is 11.1 Å². The minimum atomic E-state index is 0.0172. The summed E-state index contributed by atoms with van der Waals surface area (Å²) in [5.41, 5.74) is 9.62. The van der Waals surface area contributed by atoms with Crippen LogP contribution in [0, 0.1) is 17.8 Å². The number of aromatic nitrogens is 5. The van der Waals surface area contributed by atoms with Crippen LogP contribution in [0.25, 0.3) is 33.2 Å². The number of pyridine rings is 3. The molecular formula is C21H18N8O. The number of carbonyl (C=O) groups excluding carboxylic acids is 1. The number of hydrogen-bond acceptors (Lipinski definition) is 7. The lowest BCUT2D eigenvalue weighted by atomic mass is 10.0. The largest absolute Gasteiger partial charge is 0.383 e. The van der Waals surface area contributed by atoms with Gasteiger partial charge >= 0.3 is 0 Å². The van der Waals surface area contributed by atoms with E-state index in [0.29, 0.717) is 17.3 Å². The van der Waals surface area contributed by atoms with Crippen LogP contribution in [0.5, 0.6) is 0 Å². The molecule has 0 saturated heterocycles. The van der Waals surface area contributed by atoms with Crippen molar-refractivity contribution < 1.29 is 4.79 Å². The van der Waals surface area contributed by atoms with E-state index < -0.39 is 0 Å². The summed E-state index contributed by atoms with van der Waals surface area (Å²) in [6, 6.07) is 5.67. The van der Waals surface area contributed by atoms with Crippen molar-refractivity contribution in [3.05, 3.63) is 49.2 Å². The molecule has 0 atom stereocenters. The fraction of sp³-hybridized carbons (Fsp3) is 0.143. The Hall–Kier alpha value is -4.32. The van der Waals surface area contributed by atoms with Gasteiger partial charge in [0.05, 0.1) is 11.9 Å². The van der Waals surface area contributed by atoms with Gasteiger partial charge in [0, 0.05) is 53.8 Å². The molecule has 0 aromatic carbocycles. The Morgan fingerprint density at radius 1 is 1.20 bits per heavy atom. The van der Waals surface area contributed by atoms with E-state index in [0.717, 1.165) is 40.3 Å². The Kier molecular flexibility index (Phi) is 5.05. The Morgan fingerprint density at radius 2 is 2.03 bits per heavy atom. The summed E-state index contributed by atoms with van der Waals surface area (Å²) in [5.74, 6) is 1.02. The molecule has 1 aliphatic rings. The quantitative estimate of drug-likeness (QED) is 0.478. The second-order valence-electron chi connectivity index (χ2n) is 6.86. The molecule has 1 saturated carbocycles. The second-order valence-corrected chi connectivity index (χ2v) is 6.86. The van der Waals surface area contributed by atoms with Gasteiger partial charge in [0.1, 0.15) is 11.6 Å². The predicted octanol–water partition coefficient (Wildman–Crippen LogP) is 3.15. The van der Waals surface area contributed by atoms with Gasteiger partial charge in [0.25, 0.3) is 0 Å². The summed E-state index contributed by atoms with van der Waals surface area (Å²) in [6.07, 6.45) is 10.6. The van der Waals surface area contributed by atoms with Crippen LogP contribution in [0.2, 0.25) is 0 Å². The van der Waals surface area contributed by atoms with Gasteiger partial charge in [-0.2, -0.15) is 5.10 Å². The fourth-order valence-electron chi connectivity index (χ4n) is 3.20. The first-order valence-electron chi connectivity index (χ1n) is 9.25. The molecule has 0 spiro atoms. The number of fused-ring (bicyclic) bond motifs is 1. The zero-order valence-corrected chi connectivity index (χ0v) is 15.9. The molecule has 9 nitrogen and oxygen atoms in total. The highest BCUT2D eigenvalue weighted by Crippen LogP contribution is 2.34. The average Bonchev–Trinajstić information content (AvgIpc) is 3.49. The van der Waals surface area contributed by atoms with E-state index in [9.17, 15) is 4.79 Å². The van der Waals surface area contributed by atoms with Crippen LogP contribution in [0.1, 0.15) is 12.8 Å².